The second-order valence-electron chi connectivity index (χ2n) is 9.63. The van der Waals surface area contributed by atoms with Gasteiger partial charge >= 0.3 is 0 Å². The smallest absolute Gasteiger partial charge is 0.262 e. The van der Waals surface area contributed by atoms with Gasteiger partial charge in [-0.15, -0.1) is 0 Å². The number of hydrogen-bond acceptors (Lipinski definition) is 6. The van der Waals surface area contributed by atoms with Crippen LogP contribution in [0, 0.1) is 11.8 Å². The molecule has 2 fully saturated rings. The van der Waals surface area contributed by atoms with E-state index in [1.54, 1.807) is 29.2 Å². The van der Waals surface area contributed by atoms with E-state index in [0.717, 1.165) is 41.8 Å². The van der Waals surface area contributed by atoms with Crippen LogP contribution < -0.4 is 4.74 Å². The van der Waals surface area contributed by atoms with Gasteiger partial charge in [-0.2, -0.15) is 4.31 Å². The highest BCUT2D eigenvalue weighted by molar-refractivity contribution is 7.89. The number of aromatic nitrogens is 2. The summed E-state index contributed by atoms with van der Waals surface area (Å²) in [4.78, 5) is 6.37. The van der Waals surface area contributed by atoms with Gasteiger partial charge in [-0.1, -0.05) is 24.0 Å². The third-order valence-electron chi connectivity index (χ3n) is 7.35. The molecule has 1 aromatic heterocycles. The molecule has 2 aliphatic rings. The highest BCUT2D eigenvalue weighted by atomic mass is 32.2. The molecule has 3 aromatic rings. The van der Waals surface area contributed by atoms with Crippen molar-refractivity contribution in [3.8, 4) is 17.6 Å². The largest absolute Gasteiger partial charge is 0.497 e. The predicted octanol–water partition coefficient (Wildman–Crippen LogP) is 2.44. The van der Waals surface area contributed by atoms with Gasteiger partial charge in [0.2, 0.25) is 0 Å². The number of fused-ring (bicyclic) bond motifs is 1. The van der Waals surface area contributed by atoms with E-state index in [0.29, 0.717) is 13.1 Å². The first-order valence-corrected chi connectivity index (χ1v) is 14.0. The number of aryl methyl sites for hydroxylation is 1. The summed E-state index contributed by atoms with van der Waals surface area (Å²) < 4.78 is 35.1. The van der Waals surface area contributed by atoms with Crippen LogP contribution in [0.2, 0.25) is 0 Å². The van der Waals surface area contributed by atoms with E-state index in [9.17, 15) is 13.5 Å². The normalized spacial score (nSPS) is 22.6. The number of imidazole rings is 1. The quantitative estimate of drug-likeness (QED) is 0.520. The summed E-state index contributed by atoms with van der Waals surface area (Å²) in [6, 6.07) is 15.7. The minimum atomic E-state index is -3.69. The van der Waals surface area contributed by atoms with Crippen molar-refractivity contribution in [2.45, 2.75) is 35.9 Å². The summed E-state index contributed by atoms with van der Waals surface area (Å²) in [5, 5.41) is 10.3. The third-order valence-corrected chi connectivity index (χ3v) is 9.11. The zero-order valence-electron chi connectivity index (χ0n) is 21.1. The monoisotopic (exact) mass is 520 g/mol. The van der Waals surface area contributed by atoms with E-state index in [4.69, 9.17) is 4.74 Å². The molecule has 0 amide bonds. The lowest BCUT2D eigenvalue weighted by Gasteiger charge is -2.57. The highest BCUT2D eigenvalue weighted by Crippen LogP contribution is 2.42. The second kappa shape index (κ2) is 10.7. The minimum absolute atomic E-state index is 0.00725. The van der Waals surface area contributed by atoms with Crippen LogP contribution in [0.25, 0.3) is 0 Å². The van der Waals surface area contributed by atoms with Gasteiger partial charge in [-0.25, -0.2) is 13.4 Å². The minimum Gasteiger partial charge on any atom is -0.497 e. The summed E-state index contributed by atoms with van der Waals surface area (Å²) in [7, 11) is -0.291. The Balaban J connectivity index is 1.36. The average molecular weight is 521 g/mol. The standard InChI is InChI=1S/C28H32N4O4S/c1-30-18-27(29-20-30)37(34,35)31-15-3-4-16-32-25(17-31)28(26(32)19-33)23-11-7-21(8-12-23)5-6-22-9-13-24(36-2)14-10-22/h7-14,18,20,25-26,28,33H,3-4,15-17,19H2,1-2H3/t25-,26-,28-/m0/s1. The van der Waals surface area contributed by atoms with Crippen LogP contribution in [-0.2, 0) is 17.1 Å². The first kappa shape index (κ1) is 25.5. The van der Waals surface area contributed by atoms with Gasteiger partial charge in [0.15, 0.2) is 5.03 Å². The van der Waals surface area contributed by atoms with Gasteiger partial charge in [-0.05, 0) is 61.3 Å². The van der Waals surface area contributed by atoms with Gasteiger partial charge in [0.05, 0.1) is 20.0 Å². The van der Waals surface area contributed by atoms with E-state index >= 15 is 0 Å². The van der Waals surface area contributed by atoms with Crippen molar-refractivity contribution in [3.05, 3.63) is 77.7 Å². The Hall–Kier alpha value is -3.16. The fourth-order valence-electron chi connectivity index (χ4n) is 5.39. The van der Waals surface area contributed by atoms with Gasteiger partial charge in [-0.3, -0.25) is 4.90 Å². The van der Waals surface area contributed by atoms with Crippen molar-refractivity contribution in [2.75, 3.05) is 33.4 Å². The molecule has 2 aromatic carbocycles. The SMILES string of the molecule is COc1ccc(C#Cc2ccc([C@@H]3[C@H](CO)N4CCCCN(S(=O)(=O)c5cn(C)cn5)C[C@@H]34)cc2)cc1. The van der Waals surface area contributed by atoms with E-state index in [1.165, 1.54) is 6.33 Å². The molecule has 194 valence electrons. The van der Waals surface area contributed by atoms with Gasteiger partial charge in [0.25, 0.3) is 10.0 Å². The number of hydrogen-bond donors (Lipinski definition) is 1. The van der Waals surface area contributed by atoms with Gasteiger partial charge in [0.1, 0.15) is 5.75 Å². The zero-order chi connectivity index (χ0) is 26.0. The van der Waals surface area contributed by atoms with Crippen molar-refractivity contribution in [3.63, 3.8) is 0 Å². The molecule has 1 N–H and O–H groups in total. The molecule has 0 radical (unpaired) electrons. The molecule has 3 atom stereocenters. The lowest BCUT2D eigenvalue weighted by molar-refractivity contribution is -0.0554. The lowest BCUT2D eigenvalue weighted by atomic mass is 9.74. The summed E-state index contributed by atoms with van der Waals surface area (Å²) in [5.74, 6) is 7.20. The predicted molar refractivity (Wildman–Crippen MR) is 141 cm³/mol. The highest BCUT2D eigenvalue weighted by Gasteiger charge is 2.50. The molecule has 0 spiro atoms. The third kappa shape index (κ3) is 5.15. The van der Waals surface area contributed by atoms with Crippen molar-refractivity contribution < 1.29 is 18.3 Å². The Morgan fingerprint density at radius 1 is 1.03 bits per heavy atom. The first-order chi connectivity index (χ1) is 17.9. The van der Waals surface area contributed by atoms with Gasteiger partial charge < -0.3 is 14.4 Å². The summed E-state index contributed by atoms with van der Waals surface area (Å²) >= 11 is 0. The summed E-state index contributed by atoms with van der Waals surface area (Å²) in [5.41, 5.74) is 2.89. The molecule has 8 nitrogen and oxygen atoms in total. The molecule has 2 aliphatic heterocycles. The van der Waals surface area contributed by atoms with Gasteiger partial charge in [0, 0.05) is 55.5 Å². The summed E-state index contributed by atoms with van der Waals surface area (Å²) in [6.07, 6.45) is 4.72. The fourth-order valence-corrected chi connectivity index (χ4v) is 6.85. The molecular weight excluding hydrogens is 488 g/mol. The molecule has 9 heteroatoms. The van der Waals surface area contributed by atoms with Crippen LogP contribution in [-0.4, -0.2) is 77.7 Å². The number of aliphatic hydroxyl groups excluding tert-OH is 1. The van der Waals surface area contributed by atoms with Crippen LogP contribution in [0.4, 0.5) is 0 Å². The maximum absolute atomic E-state index is 13.4. The summed E-state index contributed by atoms with van der Waals surface area (Å²) in [6.45, 7) is 1.74. The van der Waals surface area contributed by atoms with Crippen LogP contribution in [0.15, 0.2) is 66.1 Å². The number of nitrogens with zero attached hydrogens (tertiary/aromatic N) is 4. The van der Waals surface area contributed by atoms with Crippen LogP contribution in [0.3, 0.4) is 0 Å². The molecule has 3 heterocycles. The van der Waals surface area contributed by atoms with Crippen molar-refractivity contribution in [2.24, 2.45) is 7.05 Å². The van der Waals surface area contributed by atoms with Crippen LogP contribution in [0.5, 0.6) is 5.75 Å². The van der Waals surface area contributed by atoms with Crippen LogP contribution in [0.1, 0.15) is 35.4 Å². The number of aliphatic hydroxyl groups is 1. The molecule has 0 unspecified atom stereocenters. The topological polar surface area (TPSA) is 87.9 Å². The molecule has 5 rings (SSSR count). The van der Waals surface area contributed by atoms with E-state index in [1.807, 2.05) is 36.4 Å². The average Bonchev–Trinajstić information content (AvgIpc) is 3.34. The first-order valence-electron chi connectivity index (χ1n) is 12.5. The van der Waals surface area contributed by atoms with Crippen molar-refractivity contribution in [1.82, 2.24) is 18.8 Å². The Morgan fingerprint density at radius 2 is 1.68 bits per heavy atom. The molecular formula is C28H32N4O4S. The Kier molecular flexibility index (Phi) is 7.36. The number of ether oxygens (including phenoxy) is 1. The number of methoxy groups -OCH3 is 1. The van der Waals surface area contributed by atoms with E-state index in [-0.39, 0.29) is 29.6 Å². The molecule has 2 saturated heterocycles. The number of rotatable bonds is 5. The Bertz CT molecular complexity index is 1390. The Morgan fingerprint density at radius 3 is 2.27 bits per heavy atom. The van der Waals surface area contributed by atoms with Crippen molar-refractivity contribution in [1.29, 1.82) is 0 Å². The number of benzene rings is 2. The van der Waals surface area contributed by atoms with E-state index < -0.39 is 10.0 Å². The molecule has 0 saturated carbocycles. The van der Waals surface area contributed by atoms with Crippen LogP contribution >= 0.6 is 0 Å². The molecule has 37 heavy (non-hydrogen) atoms. The fraction of sp³-hybridized carbons (Fsp3) is 0.393. The Labute approximate surface area is 218 Å². The lowest BCUT2D eigenvalue weighted by Crippen LogP contribution is -2.67. The second-order valence-corrected chi connectivity index (χ2v) is 11.5. The number of sulfonamides is 1. The molecule has 0 aliphatic carbocycles. The molecule has 0 bridgehead atoms. The maximum atomic E-state index is 13.4. The maximum Gasteiger partial charge on any atom is 0.262 e. The zero-order valence-corrected chi connectivity index (χ0v) is 21.9. The van der Waals surface area contributed by atoms with E-state index in [2.05, 4.69) is 33.9 Å². The van der Waals surface area contributed by atoms with Crippen molar-refractivity contribution >= 4 is 10.0 Å².